The molecule has 0 rings (SSSR count). The number of amidine groups is 1. The van der Waals surface area contributed by atoms with Crippen LogP contribution < -0.4 is 0 Å². The molecule has 0 spiro atoms. The maximum absolute atomic E-state index is 11.7. The largest absolute Gasteiger partial charge is 0.389 e. The van der Waals surface area contributed by atoms with Gasteiger partial charge in [-0.1, -0.05) is 0 Å². The van der Waals surface area contributed by atoms with Crippen LogP contribution in [0.1, 0.15) is 19.8 Å². The lowest BCUT2D eigenvalue weighted by Crippen LogP contribution is -2.26. The maximum Gasteiger partial charge on any atom is 0.389 e. The van der Waals surface area contributed by atoms with Crippen molar-refractivity contribution in [3.05, 3.63) is 0 Å². The van der Waals surface area contributed by atoms with Gasteiger partial charge in [-0.25, -0.2) is 0 Å². The zero-order valence-electron chi connectivity index (χ0n) is 7.20. The standard InChI is InChI=1S/C7H13F3N2/c1-3-12(2)6(11)4-5-7(8,9)10/h11H,3-5H2,1-2H3. The minimum atomic E-state index is -4.15. The first-order valence-corrected chi connectivity index (χ1v) is 3.72. The van der Waals surface area contributed by atoms with Crippen molar-refractivity contribution in [2.24, 2.45) is 0 Å². The van der Waals surface area contributed by atoms with Gasteiger partial charge in [0, 0.05) is 20.0 Å². The molecule has 0 atom stereocenters. The molecule has 0 saturated carbocycles. The number of halogens is 3. The molecule has 0 heterocycles. The maximum atomic E-state index is 11.7. The van der Waals surface area contributed by atoms with Crippen LogP contribution in [0.4, 0.5) is 13.2 Å². The van der Waals surface area contributed by atoms with Crippen LogP contribution in [-0.4, -0.2) is 30.5 Å². The monoisotopic (exact) mass is 182 g/mol. The summed E-state index contributed by atoms with van der Waals surface area (Å²) in [6, 6.07) is 0. The average Bonchev–Trinajstić information content (AvgIpc) is 1.97. The van der Waals surface area contributed by atoms with Gasteiger partial charge in [0.1, 0.15) is 0 Å². The summed E-state index contributed by atoms with van der Waals surface area (Å²) in [6.45, 7) is 2.36. The normalized spacial score (nSPS) is 11.4. The van der Waals surface area contributed by atoms with E-state index in [1.807, 2.05) is 0 Å². The lowest BCUT2D eigenvalue weighted by molar-refractivity contribution is -0.133. The summed E-state index contributed by atoms with van der Waals surface area (Å²) in [6.07, 6.45) is -5.29. The minimum Gasteiger partial charge on any atom is -0.364 e. The van der Waals surface area contributed by atoms with Gasteiger partial charge >= 0.3 is 6.18 Å². The Kier molecular flexibility index (Phi) is 4.06. The molecular formula is C7H13F3N2. The second kappa shape index (κ2) is 4.33. The van der Waals surface area contributed by atoms with E-state index in [1.165, 1.54) is 4.90 Å². The van der Waals surface area contributed by atoms with E-state index in [0.717, 1.165) is 0 Å². The third-order valence-corrected chi connectivity index (χ3v) is 1.58. The quantitative estimate of drug-likeness (QED) is 0.526. The highest BCUT2D eigenvalue weighted by Crippen LogP contribution is 2.21. The van der Waals surface area contributed by atoms with E-state index in [4.69, 9.17) is 5.41 Å². The molecule has 0 aliphatic heterocycles. The molecule has 0 bridgehead atoms. The van der Waals surface area contributed by atoms with E-state index >= 15 is 0 Å². The lowest BCUT2D eigenvalue weighted by atomic mass is 10.2. The van der Waals surface area contributed by atoms with E-state index in [1.54, 1.807) is 14.0 Å². The fourth-order valence-corrected chi connectivity index (χ4v) is 0.642. The van der Waals surface area contributed by atoms with Crippen molar-refractivity contribution in [3.63, 3.8) is 0 Å². The number of hydrogen-bond donors (Lipinski definition) is 1. The fourth-order valence-electron chi connectivity index (χ4n) is 0.642. The second-order valence-electron chi connectivity index (χ2n) is 2.58. The first-order chi connectivity index (χ1) is 5.37. The Morgan fingerprint density at radius 2 is 1.92 bits per heavy atom. The van der Waals surface area contributed by atoms with Gasteiger partial charge in [0.25, 0.3) is 0 Å². The molecule has 0 aromatic heterocycles. The van der Waals surface area contributed by atoms with Crippen molar-refractivity contribution in [2.45, 2.75) is 25.9 Å². The molecule has 0 fully saturated rings. The Morgan fingerprint density at radius 1 is 1.42 bits per heavy atom. The minimum absolute atomic E-state index is 0.0369. The van der Waals surface area contributed by atoms with Crippen LogP contribution in [0.25, 0.3) is 0 Å². The van der Waals surface area contributed by atoms with Crippen molar-refractivity contribution in [3.8, 4) is 0 Å². The molecule has 0 aliphatic rings. The van der Waals surface area contributed by atoms with Crippen molar-refractivity contribution in [1.29, 1.82) is 5.41 Å². The molecular weight excluding hydrogens is 169 g/mol. The highest BCUT2D eigenvalue weighted by Gasteiger charge is 2.27. The van der Waals surface area contributed by atoms with E-state index in [2.05, 4.69) is 0 Å². The first-order valence-electron chi connectivity index (χ1n) is 3.72. The average molecular weight is 182 g/mol. The fraction of sp³-hybridized carbons (Fsp3) is 0.857. The molecule has 0 aliphatic carbocycles. The van der Waals surface area contributed by atoms with Crippen LogP contribution in [0.2, 0.25) is 0 Å². The van der Waals surface area contributed by atoms with E-state index in [9.17, 15) is 13.2 Å². The number of rotatable bonds is 3. The van der Waals surface area contributed by atoms with Crippen molar-refractivity contribution in [1.82, 2.24) is 4.90 Å². The number of hydrogen-bond acceptors (Lipinski definition) is 1. The Bertz CT molecular complexity index is 153. The van der Waals surface area contributed by atoms with Gasteiger partial charge in [-0.3, -0.25) is 5.41 Å². The number of nitrogens with one attached hydrogen (secondary N) is 1. The zero-order chi connectivity index (χ0) is 9.78. The SMILES string of the molecule is CCN(C)C(=N)CCC(F)(F)F. The smallest absolute Gasteiger partial charge is 0.364 e. The summed E-state index contributed by atoms with van der Waals surface area (Å²) in [5.74, 6) is 0.0369. The molecule has 0 radical (unpaired) electrons. The Hall–Kier alpha value is -0.740. The van der Waals surface area contributed by atoms with Crippen molar-refractivity contribution < 1.29 is 13.2 Å². The molecule has 12 heavy (non-hydrogen) atoms. The molecule has 0 aromatic carbocycles. The molecule has 0 amide bonds. The van der Waals surface area contributed by atoms with Crippen LogP contribution in [-0.2, 0) is 0 Å². The highest BCUT2D eigenvalue weighted by molar-refractivity contribution is 5.78. The highest BCUT2D eigenvalue weighted by atomic mass is 19.4. The molecule has 2 nitrogen and oxygen atoms in total. The van der Waals surface area contributed by atoms with Crippen molar-refractivity contribution in [2.75, 3.05) is 13.6 Å². The zero-order valence-corrected chi connectivity index (χ0v) is 7.20. The molecule has 0 saturated heterocycles. The predicted molar refractivity (Wildman–Crippen MR) is 41.3 cm³/mol. The summed E-state index contributed by atoms with van der Waals surface area (Å²) in [5, 5.41) is 7.20. The molecule has 0 unspecified atom stereocenters. The number of nitrogens with zero attached hydrogens (tertiary/aromatic N) is 1. The summed E-state index contributed by atoms with van der Waals surface area (Å²) < 4.78 is 35.0. The van der Waals surface area contributed by atoms with E-state index in [-0.39, 0.29) is 12.3 Å². The van der Waals surface area contributed by atoms with Crippen LogP contribution in [0.5, 0.6) is 0 Å². The van der Waals surface area contributed by atoms with Gasteiger partial charge < -0.3 is 4.90 Å². The van der Waals surface area contributed by atoms with Crippen LogP contribution in [0.15, 0.2) is 0 Å². The summed E-state index contributed by atoms with van der Waals surface area (Å²) in [5.41, 5.74) is 0. The van der Waals surface area contributed by atoms with Gasteiger partial charge in [-0.05, 0) is 6.92 Å². The summed E-state index contributed by atoms with van der Waals surface area (Å²) >= 11 is 0. The lowest BCUT2D eigenvalue weighted by Gasteiger charge is -2.17. The van der Waals surface area contributed by atoms with Gasteiger partial charge in [0.05, 0.1) is 12.3 Å². The first kappa shape index (κ1) is 11.3. The molecule has 72 valence electrons. The topological polar surface area (TPSA) is 27.1 Å². The van der Waals surface area contributed by atoms with Gasteiger partial charge in [0.15, 0.2) is 0 Å². The van der Waals surface area contributed by atoms with Crippen LogP contribution >= 0.6 is 0 Å². The van der Waals surface area contributed by atoms with E-state index < -0.39 is 12.6 Å². The van der Waals surface area contributed by atoms with Gasteiger partial charge in [-0.15, -0.1) is 0 Å². The van der Waals surface area contributed by atoms with Crippen LogP contribution in [0.3, 0.4) is 0 Å². The van der Waals surface area contributed by atoms with Gasteiger partial charge in [-0.2, -0.15) is 13.2 Å². The van der Waals surface area contributed by atoms with Crippen LogP contribution in [0, 0.1) is 5.41 Å². The van der Waals surface area contributed by atoms with Gasteiger partial charge in [0.2, 0.25) is 0 Å². The third kappa shape index (κ3) is 4.98. The molecule has 1 N–H and O–H groups in total. The molecule has 5 heteroatoms. The number of alkyl halides is 3. The van der Waals surface area contributed by atoms with Crippen molar-refractivity contribution >= 4 is 5.84 Å². The third-order valence-electron chi connectivity index (χ3n) is 1.58. The molecule has 0 aromatic rings. The Labute approximate surface area is 69.9 Å². The Morgan fingerprint density at radius 3 is 2.25 bits per heavy atom. The van der Waals surface area contributed by atoms with E-state index in [0.29, 0.717) is 6.54 Å². The predicted octanol–water partition coefficient (Wildman–Crippen LogP) is 2.26. The Balaban J connectivity index is 3.72. The summed E-state index contributed by atoms with van der Waals surface area (Å²) in [7, 11) is 1.61. The summed E-state index contributed by atoms with van der Waals surface area (Å²) in [4.78, 5) is 1.49. The second-order valence-corrected chi connectivity index (χ2v) is 2.58.